The van der Waals surface area contributed by atoms with Crippen LogP contribution in [-0.2, 0) is 0 Å². The van der Waals surface area contributed by atoms with Crippen LogP contribution >= 0.6 is 11.6 Å². The highest BCUT2D eigenvalue weighted by Crippen LogP contribution is 2.30. The minimum atomic E-state index is -0.352. The van der Waals surface area contributed by atoms with Crippen LogP contribution in [0.3, 0.4) is 0 Å². The van der Waals surface area contributed by atoms with Crippen LogP contribution in [0.15, 0.2) is 42.5 Å². The maximum absolute atomic E-state index is 13.4. The third-order valence-electron chi connectivity index (χ3n) is 3.13. The zero-order valence-corrected chi connectivity index (χ0v) is 12.2. The lowest BCUT2D eigenvalue weighted by atomic mass is 10.0. The van der Waals surface area contributed by atoms with Crippen molar-refractivity contribution in [2.24, 2.45) is 0 Å². The van der Waals surface area contributed by atoms with Crippen LogP contribution < -0.4 is 10.1 Å². The van der Waals surface area contributed by atoms with Crippen LogP contribution in [0.5, 0.6) is 5.75 Å². The first kappa shape index (κ1) is 14.7. The normalized spacial score (nSPS) is 12.0. The number of rotatable bonds is 5. The molecule has 4 heteroatoms. The van der Waals surface area contributed by atoms with Gasteiger partial charge in [0.15, 0.2) is 0 Å². The Labute approximate surface area is 123 Å². The molecule has 0 spiro atoms. The van der Waals surface area contributed by atoms with E-state index in [0.717, 1.165) is 17.7 Å². The van der Waals surface area contributed by atoms with Crippen molar-refractivity contribution in [3.8, 4) is 5.75 Å². The molecule has 2 nitrogen and oxygen atoms in total. The molecular weight excluding hydrogens is 277 g/mol. The fourth-order valence-electron chi connectivity index (χ4n) is 2.19. The van der Waals surface area contributed by atoms with Gasteiger partial charge in [0.2, 0.25) is 0 Å². The maximum Gasteiger partial charge on any atom is 0.126 e. The molecule has 0 aromatic heterocycles. The SMILES string of the molecule is CCC(Nc1cc(F)cc(Cl)c1)c1ccccc1OC. The summed E-state index contributed by atoms with van der Waals surface area (Å²) in [4.78, 5) is 0. The standard InChI is InChI=1S/C16H17ClFNO/c1-3-15(14-6-4-5-7-16(14)20-2)19-13-9-11(17)8-12(18)10-13/h4-10,15,19H,3H2,1-2H3. The van der Waals surface area contributed by atoms with Crippen molar-refractivity contribution >= 4 is 17.3 Å². The van der Waals surface area contributed by atoms with E-state index in [-0.39, 0.29) is 11.9 Å². The smallest absolute Gasteiger partial charge is 0.126 e. The second-order valence-electron chi connectivity index (χ2n) is 4.51. The Bertz CT molecular complexity index is 568. The van der Waals surface area contributed by atoms with E-state index in [1.165, 1.54) is 12.1 Å². The molecule has 0 fully saturated rings. The summed E-state index contributed by atoms with van der Waals surface area (Å²) in [5.41, 5.74) is 1.70. The van der Waals surface area contributed by atoms with Crippen molar-refractivity contribution in [2.75, 3.05) is 12.4 Å². The first-order valence-corrected chi connectivity index (χ1v) is 6.87. The van der Waals surface area contributed by atoms with Gasteiger partial charge in [0.1, 0.15) is 11.6 Å². The van der Waals surface area contributed by atoms with Gasteiger partial charge in [0.25, 0.3) is 0 Å². The van der Waals surface area contributed by atoms with E-state index in [4.69, 9.17) is 16.3 Å². The second-order valence-corrected chi connectivity index (χ2v) is 4.94. The predicted octanol–water partition coefficient (Wildman–Crippen LogP) is 5.05. The summed E-state index contributed by atoms with van der Waals surface area (Å²) >= 11 is 5.88. The Kier molecular flexibility index (Phi) is 4.85. The van der Waals surface area contributed by atoms with Gasteiger partial charge in [-0.25, -0.2) is 4.39 Å². The fraction of sp³-hybridized carbons (Fsp3) is 0.250. The van der Waals surface area contributed by atoms with Crippen LogP contribution in [0.1, 0.15) is 24.9 Å². The predicted molar refractivity (Wildman–Crippen MR) is 81.1 cm³/mol. The third-order valence-corrected chi connectivity index (χ3v) is 3.34. The minimum absolute atomic E-state index is 0.0315. The van der Waals surface area contributed by atoms with Gasteiger partial charge < -0.3 is 10.1 Å². The van der Waals surface area contributed by atoms with E-state index >= 15 is 0 Å². The van der Waals surface area contributed by atoms with Gasteiger partial charge in [-0.3, -0.25) is 0 Å². The van der Waals surface area contributed by atoms with Crippen molar-refractivity contribution < 1.29 is 9.13 Å². The number of halogens is 2. The Morgan fingerprint density at radius 2 is 2.00 bits per heavy atom. The number of hydrogen-bond donors (Lipinski definition) is 1. The minimum Gasteiger partial charge on any atom is -0.496 e. The van der Waals surface area contributed by atoms with Crippen LogP contribution in [0.25, 0.3) is 0 Å². The van der Waals surface area contributed by atoms with E-state index < -0.39 is 0 Å². The topological polar surface area (TPSA) is 21.3 Å². The monoisotopic (exact) mass is 293 g/mol. The summed E-state index contributed by atoms with van der Waals surface area (Å²) in [6, 6.07) is 12.3. The largest absolute Gasteiger partial charge is 0.496 e. The molecule has 2 rings (SSSR count). The highest BCUT2D eigenvalue weighted by atomic mass is 35.5. The van der Waals surface area contributed by atoms with Gasteiger partial charge in [0, 0.05) is 16.3 Å². The second kappa shape index (κ2) is 6.62. The molecule has 106 valence electrons. The lowest BCUT2D eigenvalue weighted by Gasteiger charge is -2.21. The number of methoxy groups -OCH3 is 1. The molecule has 1 unspecified atom stereocenters. The molecular formula is C16H17ClFNO. The average molecular weight is 294 g/mol. The quantitative estimate of drug-likeness (QED) is 0.833. The molecule has 1 N–H and O–H groups in total. The highest BCUT2D eigenvalue weighted by Gasteiger charge is 2.14. The zero-order chi connectivity index (χ0) is 14.5. The van der Waals surface area contributed by atoms with E-state index in [9.17, 15) is 4.39 Å². The molecule has 2 aromatic carbocycles. The van der Waals surface area contributed by atoms with Crippen LogP contribution in [0.4, 0.5) is 10.1 Å². The average Bonchev–Trinajstić information content (AvgIpc) is 2.43. The van der Waals surface area contributed by atoms with Gasteiger partial charge >= 0.3 is 0 Å². The first-order chi connectivity index (χ1) is 9.63. The molecule has 0 bridgehead atoms. The number of hydrogen-bond acceptors (Lipinski definition) is 2. The van der Waals surface area contributed by atoms with Crippen molar-refractivity contribution in [3.05, 3.63) is 58.9 Å². The number of benzene rings is 2. The molecule has 0 aliphatic carbocycles. The first-order valence-electron chi connectivity index (χ1n) is 6.49. The molecule has 0 amide bonds. The van der Waals surface area contributed by atoms with Gasteiger partial charge in [0.05, 0.1) is 13.2 Å². The lowest BCUT2D eigenvalue weighted by molar-refractivity contribution is 0.406. The van der Waals surface area contributed by atoms with Crippen LogP contribution in [-0.4, -0.2) is 7.11 Å². The zero-order valence-electron chi connectivity index (χ0n) is 11.5. The third kappa shape index (κ3) is 3.42. The Balaban J connectivity index is 2.28. The number of nitrogens with one attached hydrogen (secondary N) is 1. The molecule has 0 radical (unpaired) electrons. The van der Waals surface area contributed by atoms with Crippen molar-refractivity contribution in [1.82, 2.24) is 0 Å². The van der Waals surface area contributed by atoms with E-state index in [2.05, 4.69) is 12.2 Å². The Morgan fingerprint density at radius 1 is 1.25 bits per heavy atom. The molecule has 0 saturated heterocycles. The fourth-order valence-corrected chi connectivity index (χ4v) is 2.41. The van der Waals surface area contributed by atoms with Gasteiger partial charge in [-0.1, -0.05) is 36.7 Å². The van der Waals surface area contributed by atoms with Crippen molar-refractivity contribution in [2.45, 2.75) is 19.4 Å². The lowest BCUT2D eigenvalue weighted by Crippen LogP contribution is -2.11. The molecule has 0 saturated carbocycles. The van der Waals surface area contributed by atoms with E-state index in [0.29, 0.717) is 10.7 Å². The maximum atomic E-state index is 13.4. The molecule has 2 aromatic rings. The molecule has 0 aliphatic heterocycles. The summed E-state index contributed by atoms with van der Waals surface area (Å²) in [5, 5.41) is 3.67. The van der Waals surface area contributed by atoms with Crippen LogP contribution in [0, 0.1) is 5.82 Å². The van der Waals surface area contributed by atoms with Gasteiger partial charge in [-0.15, -0.1) is 0 Å². The Morgan fingerprint density at radius 3 is 2.65 bits per heavy atom. The van der Waals surface area contributed by atoms with Gasteiger partial charge in [-0.05, 0) is 30.7 Å². The number of ether oxygens (including phenoxy) is 1. The van der Waals surface area contributed by atoms with Crippen molar-refractivity contribution in [3.63, 3.8) is 0 Å². The number of para-hydroxylation sites is 1. The van der Waals surface area contributed by atoms with E-state index in [1.807, 2.05) is 24.3 Å². The summed E-state index contributed by atoms with van der Waals surface area (Å²) in [6.07, 6.45) is 0.842. The Hall–Kier alpha value is -1.74. The van der Waals surface area contributed by atoms with E-state index in [1.54, 1.807) is 13.2 Å². The summed E-state index contributed by atoms with van der Waals surface area (Å²) < 4.78 is 18.8. The molecule has 20 heavy (non-hydrogen) atoms. The summed E-state index contributed by atoms with van der Waals surface area (Å²) in [6.45, 7) is 2.06. The van der Waals surface area contributed by atoms with Gasteiger partial charge in [-0.2, -0.15) is 0 Å². The summed E-state index contributed by atoms with van der Waals surface area (Å²) in [7, 11) is 1.64. The van der Waals surface area contributed by atoms with Crippen LogP contribution in [0.2, 0.25) is 5.02 Å². The summed E-state index contributed by atoms with van der Waals surface area (Å²) in [5.74, 6) is 0.462. The highest BCUT2D eigenvalue weighted by molar-refractivity contribution is 6.30. The molecule has 1 atom stereocenters. The molecule has 0 aliphatic rings. The van der Waals surface area contributed by atoms with Crippen molar-refractivity contribution in [1.29, 1.82) is 0 Å². The molecule has 0 heterocycles. The number of anilines is 1.